The van der Waals surface area contributed by atoms with E-state index in [4.69, 9.17) is 20.5 Å². The number of aromatic nitrogens is 4. The Hall–Kier alpha value is -1.54. The van der Waals surface area contributed by atoms with Crippen LogP contribution in [0.3, 0.4) is 0 Å². The van der Waals surface area contributed by atoms with Gasteiger partial charge in [-0.25, -0.2) is 0 Å². The summed E-state index contributed by atoms with van der Waals surface area (Å²) in [6.07, 6.45) is 10.8. The van der Waals surface area contributed by atoms with E-state index < -0.39 is 0 Å². The summed E-state index contributed by atoms with van der Waals surface area (Å²) in [5, 5.41) is 8.14. The van der Waals surface area contributed by atoms with Crippen molar-refractivity contribution in [3.8, 4) is 0 Å². The summed E-state index contributed by atoms with van der Waals surface area (Å²) in [6.45, 7) is 6.05. The molecule has 0 saturated heterocycles. The fourth-order valence-electron chi connectivity index (χ4n) is 3.11. The monoisotopic (exact) mass is 436 g/mol. The van der Waals surface area contributed by atoms with E-state index in [-0.39, 0.29) is 24.8 Å². The lowest BCUT2D eigenvalue weighted by molar-refractivity contribution is -0.772. The predicted molar refractivity (Wildman–Crippen MR) is 97.9 cm³/mol. The standard InChI is InChI=1S/C18H34N6O2.2ClH/c1-3-5-7-9-13-23-15(17(19)25-21-23)11-12-16-18(20)26-22-24(16)14-10-8-6-4-2;;/h3-14,19-20H2,1-2H3;2*1H/q+2;;/p-2. The predicted octanol–water partition coefficient (Wildman–Crippen LogP) is -3.64. The lowest BCUT2D eigenvalue weighted by Crippen LogP contribution is -3.00. The molecule has 4 N–H and O–H groups in total. The highest BCUT2D eigenvalue weighted by molar-refractivity contribution is 5.29. The zero-order valence-electron chi connectivity index (χ0n) is 17.0. The second kappa shape index (κ2) is 14.5. The van der Waals surface area contributed by atoms with Crippen molar-refractivity contribution < 1.29 is 43.2 Å². The number of nitrogens with zero attached hydrogens (tertiary/aromatic N) is 4. The molecule has 0 saturated carbocycles. The van der Waals surface area contributed by atoms with Gasteiger partial charge in [0.25, 0.3) is 23.2 Å². The average Bonchev–Trinajstić information content (AvgIpc) is 3.16. The van der Waals surface area contributed by atoms with Crippen LogP contribution in [0.2, 0.25) is 0 Å². The van der Waals surface area contributed by atoms with Crippen LogP contribution in [-0.2, 0) is 25.9 Å². The van der Waals surface area contributed by atoms with Crippen LogP contribution in [0.5, 0.6) is 0 Å². The van der Waals surface area contributed by atoms with Crippen molar-refractivity contribution in [3.05, 3.63) is 11.4 Å². The molecule has 0 fully saturated rings. The number of hydrogen-bond donors (Lipinski definition) is 2. The molecule has 28 heavy (non-hydrogen) atoms. The summed E-state index contributed by atoms with van der Waals surface area (Å²) < 4.78 is 14.1. The van der Waals surface area contributed by atoms with Crippen LogP contribution in [0.1, 0.15) is 76.6 Å². The molecule has 0 aliphatic carbocycles. The van der Waals surface area contributed by atoms with Crippen LogP contribution >= 0.6 is 0 Å². The number of halogens is 2. The Morgan fingerprint density at radius 1 is 0.679 bits per heavy atom. The van der Waals surface area contributed by atoms with Crippen molar-refractivity contribution in [2.75, 3.05) is 11.5 Å². The lowest BCUT2D eigenvalue weighted by atomic mass is 10.1. The van der Waals surface area contributed by atoms with E-state index >= 15 is 0 Å². The fraction of sp³-hybridized carbons (Fsp3) is 0.778. The third-order valence-electron chi connectivity index (χ3n) is 4.71. The van der Waals surface area contributed by atoms with Crippen molar-refractivity contribution in [1.82, 2.24) is 10.5 Å². The molecule has 10 heteroatoms. The van der Waals surface area contributed by atoms with Gasteiger partial charge in [0.15, 0.2) is 13.1 Å². The van der Waals surface area contributed by atoms with Crippen LogP contribution in [0.4, 0.5) is 11.8 Å². The van der Waals surface area contributed by atoms with Gasteiger partial charge in [-0.3, -0.25) is 9.05 Å². The molecule has 0 atom stereocenters. The van der Waals surface area contributed by atoms with Gasteiger partial charge in [0.2, 0.25) is 10.5 Å². The van der Waals surface area contributed by atoms with Gasteiger partial charge in [-0.1, -0.05) is 39.5 Å². The van der Waals surface area contributed by atoms with E-state index in [9.17, 15) is 0 Å². The van der Waals surface area contributed by atoms with Crippen LogP contribution in [0, 0.1) is 0 Å². The molecular weight excluding hydrogens is 403 g/mol. The summed E-state index contributed by atoms with van der Waals surface area (Å²) in [7, 11) is 0. The van der Waals surface area contributed by atoms with Crippen LogP contribution in [0.25, 0.3) is 0 Å². The third kappa shape index (κ3) is 7.83. The molecule has 0 spiro atoms. The smallest absolute Gasteiger partial charge is 0.296 e. The summed E-state index contributed by atoms with van der Waals surface area (Å²) in [6, 6.07) is 0. The number of hydrogen-bond acceptors (Lipinski definition) is 6. The first-order valence-electron chi connectivity index (χ1n) is 9.95. The Morgan fingerprint density at radius 3 is 1.43 bits per heavy atom. The second-order valence-corrected chi connectivity index (χ2v) is 6.84. The van der Waals surface area contributed by atoms with Gasteiger partial charge in [-0.2, -0.15) is 0 Å². The Balaban J connectivity index is 0.00000364. The van der Waals surface area contributed by atoms with Crippen molar-refractivity contribution in [2.45, 2.75) is 91.1 Å². The SMILES string of the molecule is CCCCCC[n+]1noc(N)c1CCc1c(N)on[n+]1CCCCCC.[Cl-].[Cl-]. The molecule has 2 rings (SSSR count). The topological polar surface area (TPSA) is 112 Å². The van der Waals surface area contributed by atoms with Gasteiger partial charge in [-0.15, -0.1) is 0 Å². The molecule has 0 unspecified atom stereocenters. The first-order chi connectivity index (χ1) is 12.7. The summed E-state index contributed by atoms with van der Waals surface area (Å²) in [5.74, 6) is 0.759. The maximum absolute atomic E-state index is 5.97. The molecule has 0 radical (unpaired) electrons. The first-order valence-corrected chi connectivity index (χ1v) is 9.95. The summed E-state index contributed by atoms with van der Waals surface area (Å²) in [5.41, 5.74) is 13.8. The first kappa shape index (κ1) is 26.5. The normalized spacial score (nSPS) is 10.5. The number of nitrogen functional groups attached to an aromatic ring is 2. The largest absolute Gasteiger partial charge is 1.00 e. The van der Waals surface area contributed by atoms with Crippen LogP contribution < -0.4 is 45.6 Å². The van der Waals surface area contributed by atoms with Gasteiger partial charge < -0.3 is 36.3 Å². The van der Waals surface area contributed by atoms with Crippen molar-refractivity contribution in [2.24, 2.45) is 0 Å². The molecule has 2 heterocycles. The number of aryl methyl sites for hydroxylation is 2. The molecule has 162 valence electrons. The van der Waals surface area contributed by atoms with Crippen molar-refractivity contribution in [1.29, 1.82) is 0 Å². The Kier molecular flexibility index (Phi) is 13.7. The molecule has 8 nitrogen and oxygen atoms in total. The molecule has 0 aliphatic heterocycles. The minimum Gasteiger partial charge on any atom is -1.00 e. The van der Waals surface area contributed by atoms with Crippen molar-refractivity contribution in [3.63, 3.8) is 0 Å². The van der Waals surface area contributed by atoms with E-state index in [0.717, 1.165) is 37.3 Å². The third-order valence-corrected chi connectivity index (χ3v) is 4.71. The summed E-state index contributed by atoms with van der Waals surface area (Å²) >= 11 is 0. The van der Waals surface area contributed by atoms with E-state index in [1.807, 2.05) is 9.36 Å². The van der Waals surface area contributed by atoms with Crippen LogP contribution in [-0.4, -0.2) is 10.5 Å². The minimum atomic E-state index is 0. The van der Waals surface area contributed by atoms with E-state index in [1.165, 1.54) is 38.5 Å². The summed E-state index contributed by atoms with van der Waals surface area (Å²) in [4.78, 5) is 0. The molecule has 2 aromatic rings. The molecule has 0 aliphatic rings. The minimum absolute atomic E-state index is 0. The van der Waals surface area contributed by atoms with Gasteiger partial charge in [0.1, 0.15) is 0 Å². The maximum Gasteiger partial charge on any atom is 0.296 e. The Labute approximate surface area is 179 Å². The molecule has 0 aromatic carbocycles. The van der Waals surface area contributed by atoms with E-state index in [2.05, 4.69) is 24.4 Å². The van der Waals surface area contributed by atoms with E-state index in [0.29, 0.717) is 24.6 Å². The Bertz CT molecular complexity index is 606. The number of nitrogens with two attached hydrogens (primary N) is 2. The zero-order chi connectivity index (χ0) is 18.8. The molecular formula is C18H34Cl2N6O2. The fourth-order valence-corrected chi connectivity index (χ4v) is 3.11. The maximum atomic E-state index is 5.97. The average molecular weight is 437 g/mol. The highest BCUT2D eigenvalue weighted by Gasteiger charge is 2.27. The van der Waals surface area contributed by atoms with Crippen molar-refractivity contribution >= 4 is 11.8 Å². The van der Waals surface area contributed by atoms with Crippen LogP contribution in [0.15, 0.2) is 9.05 Å². The van der Waals surface area contributed by atoms with Gasteiger partial charge >= 0.3 is 0 Å². The quantitative estimate of drug-likeness (QED) is 0.247. The second-order valence-electron chi connectivity index (χ2n) is 6.84. The Morgan fingerprint density at radius 2 is 1.07 bits per heavy atom. The number of unbranched alkanes of at least 4 members (excludes halogenated alkanes) is 6. The molecule has 2 aromatic heterocycles. The highest BCUT2D eigenvalue weighted by atomic mass is 35.5. The molecule has 0 bridgehead atoms. The van der Waals surface area contributed by atoms with Gasteiger partial charge in [0, 0.05) is 12.8 Å². The zero-order valence-corrected chi connectivity index (χ0v) is 18.5. The highest BCUT2D eigenvalue weighted by Crippen LogP contribution is 2.13. The number of anilines is 2. The van der Waals surface area contributed by atoms with Gasteiger partial charge in [-0.05, 0) is 22.2 Å². The lowest BCUT2D eigenvalue weighted by Gasteiger charge is -1.97. The number of rotatable bonds is 13. The van der Waals surface area contributed by atoms with Gasteiger partial charge in [0.05, 0.1) is 12.8 Å². The molecule has 0 amide bonds. The van der Waals surface area contributed by atoms with E-state index in [1.54, 1.807) is 0 Å².